The maximum atomic E-state index is 11.7. The van der Waals surface area contributed by atoms with Crippen molar-refractivity contribution in [1.29, 1.82) is 0 Å². The van der Waals surface area contributed by atoms with Gasteiger partial charge in [-0.1, -0.05) is 17.7 Å². The highest BCUT2D eigenvalue weighted by Crippen LogP contribution is 2.21. The Morgan fingerprint density at radius 3 is 2.76 bits per heavy atom. The predicted octanol–water partition coefficient (Wildman–Crippen LogP) is 1.16. The predicted molar refractivity (Wildman–Crippen MR) is 95.8 cm³/mol. The Morgan fingerprint density at radius 1 is 1.32 bits per heavy atom. The van der Waals surface area contributed by atoms with Crippen molar-refractivity contribution >= 4 is 23.4 Å². The van der Waals surface area contributed by atoms with E-state index in [1.54, 1.807) is 0 Å². The minimum Gasteiger partial charge on any atom is -0.380 e. The van der Waals surface area contributed by atoms with Crippen LogP contribution in [-0.4, -0.2) is 41.2 Å². The maximum absolute atomic E-state index is 11.7. The molecule has 0 saturated carbocycles. The molecule has 8 heteroatoms. The minimum absolute atomic E-state index is 0.0143. The van der Waals surface area contributed by atoms with E-state index < -0.39 is 5.91 Å². The molecule has 1 aliphatic heterocycles. The van der Waals surface area contributed by atoms with Crippen LogP contribution in [-0.2, 0) is 4.74 Å². The van der Waals surface area contributed by atoms with Gasteiger partial charge in [0.25, 0.3) is 5.91 Å². The SMILES string of the molecule is Cc1ccc(Nc2nc(NC3CCOC[C@@H]3N)ncc2C(N)=O)cc1. The average Bonchev–Trinajstić information content (AvgIpc) is 2.59. The zero-order valence-corrected chi connectivity index (χ0v) is 14.0. The van der Waals surface area contributed by atoms with E-state index in [2.05, 4.69) is 20.6 Å². The molecule has 0 radical (unpaired) electrons. The first-order valence-corrected chi connectivity index (χ1v) is 8.13. The van der Waals surface area contributed by atoms with Gasteiger partial charge < -0.3 is 26.8 Å². The van der Waals surface area contributed by atoms with Gasteiger partial charge in [0, 0.05) is 30.6 Å². The highest BCUT2D eigenvalue weighted by Gasteiger charge is 2.23. The molecule has 132 valence electrons. The van der Waals surface area contributed by atoms with Gasteiger partial charge in [-0.05, 0) is 25.5 Å². The van der Waals surface area contributed by atoms with Crippen LogP contribution in [0.3, 0.4) is 0 Å². The Kier molecular flexibility index (Phi) is 5.11. The monoisotopic (exact) mass is 342 g/mol. The lowest BCUT2D eigenvalue weighted by Crippen LogP contribution is -2.47. The second-order valence-corrected chi connectivity index (χ2v) is 6.09. The molecule has 8 nitrogen and oxygen atoms in total. The molecule has 2 heterocycles. The molecule has 1 fully saturated rings. The molecule has 1 amide bonds. The van der Waals surface area contributed by atoms with Crippen molar-refractivity contribution < 1.29 is 9.53 Å². The second kappa shape index (κ2) is 7.45. The van der Waals surface area contributed by atoms with Crippen molar-refractivity contribution in [2.24, 2.45) is 11.5 Å². The van der Waals surface area contributed by atoms with E-state index in [0.717, 1.165) is 17.7 Å². The van der Waals surface area contributed by atoms with Crippen molar-refractivity contribution in [2.45, 2.75) is 25.4 Å². The lowest BCUT2D eigenvalue weighted by molar-refractivity contribution is 0.0751. The van der Waals surface area contributed by atoms with Crippen molar-refractivity contribution in [3.8, 4) is 0 Å². The van der Waals surface area contributed by atoms with Crippen LogP contribution in [0.15, 0.2) is 30.5 Å². The number of rotatable bonds is 5. The second-order valence-electron chi connectivity index (χ2n) is 6.09. The Bertz CT molecular complexity index is 749. The van der Waals surface area contributed by atoms with Crippen LogP contribution in [0.5, 0.6) is 0 Å². The largest absolute Gasteiger partial charge is 0.380 e. The molecule has 3 rings (SSSR count). The zero-order chi connectivity index (χ0) is 17.8. The molecule has 2 aromatic rings. The number of hydrogen-bond acceptors (Lipinski definition) is 7. The van der Waals surface area contributed by atoms with Crippen LogP contribution < -0.4 is 22.1 Å². The first kappa shape index (κ1) is 17.1. The number of amides is 1. The third-order valence-electron chi connectivity index (χ3n) is 4.08. The van der Waals surface area contributed by atoms with E-state index in [0.29, 0.717) is 25.0 Å². The molecule has 1 unspecified atom stereocenters. The highest BCUT2D eigenvalue weighted by atomic mass is 16.5. The first-order valence-electron chi connectivity index (χ1n) is 8.13. The summed E-state index contributed by atoms with van der Waals surface area (Å²) in [6.45, 7) is 3.13. The Labute approximate surface area is 146 Å². The van der Waals surface area contributed by atoms with Crippen LogP contribution in [0.2, 0.25) is 0 Å². The number of carbonyl (C=O) groups excluding carboxylic acids is 1. The van der Waals surface area contributed by atoms with Gasteiger partial charge in [-0.15, -0.1) is 0 Å². The lowest BCUT2D eigenvalue weighted by atomic mass is 10.1. The van der Waals surface area contributed by atoms with Gasteiger partial charge in [0.05, 0.1) is 6.61 Å². The van der Waals surface area contributed by atoms with Gasteiger partial charge in [0.2, 0.25) is 5.95 Å². The van der Waals surface area contributed by atoms with Crippen molar-refractivity contribution in [1.82, 2.24) is 9.97 Å². The first-order chi connectivity index (χ1) is 12.0. The maximum Gasteiger partial charge on any atom is 0.254 e. The summed E-state index contributed by atoms with van der Waals surface area (Å²) >= 11 is 0. The highest BCUT2D eigenvalue weighted by molar-refractivity contribution is 5.98. The van der Waals surface area contributed by atoms with E-state index in [-0.39, 0.29) is 17.6 Å². The van der Waals surface area contributed by atoms with Gasteiger partial charge in [0.15, 0.2) is 0 Å². The molecule has 0 aliphatic carbocycles. The summed E-state index contributed by atoms with van der Waals surface area (Å²) in [6, 6.07) is 7.62. The summed E-state index contributed by atoms with van der Waals surface area (Å²) < 4.78 is 5.33. The van der Waals surface area contributed by atoms with Crippen molar-refractivity contribution in [3.05, 3.63) is 41.6 Å². The van der Waals surface area contributed by atoms with Gasteiger partial charge in [-0.3, -0.25) is 4.79 Å². The third-order valence-corrected chi connectivity index (χ3v) is 4.08. The number of nitrogens with two attached hydrogens (primary N) is 2. The van der Waals surface area contributed by atoms with Crippen LogP contribution in [0, 0.1) is 6.92 Å². The Balaban J connectivity index is 1.83. The Morgan fingerprint density at radius 2 is 2.08 bits per heavy atom. The van der Waals surface area contributed by atoms with Crippen molar-refractivity contribution in [2.75, 3.05) is 23.8 Å². The number of nitrogens with zero attached hydrogens (tertiary/aromatic N) is 2. The molecule has 1 aliphatic rings. The molecule has 1 aromatic heterocycles. The number of carbonyl (C=O) groups is 1. The fourth-order valence-electron chi connectivity index (χ4n) is 2.61. The van der Waals surface area contributed by atoms with E-state index in [4.69, 9.17) is 16.2 Å². The fourth-order valence-corrected chi connectivity index (χ4v) is 2.61. The minimum atomic E-state index is -0.594. The number of ether oxygens (including phenoxy) is 1. The van der Waals surface area contributed by atoms with Gasteiger partial charge >= 0.3 is 0 Å². The van der Waals surface area contributed by atoms with E-state index in [9.17, 15) is 4.79 Å². The van der Waals surface area contributed by atoms with Gasteiger partial charge in [0.1, 0.15) is 11.4 Å². The standard InChI is InChI=1S/C17H22N6O2/c1-10-2-4-11(5-3-10)21-16-12(15(19)24)8-20-17(23-16)22-14-6-7-25-9-13(14)18/h2-5,8,13-14H,6-7,9,18H2,1H3,(H2,19,24)(H2,20,21,22,23)/t13-,14?/m0/s1. The molecule has 1 aromatic carbocycles. The van der Waals surface area contributed by atoms with Gasteiger partial charge in [-0.2, -0.15) is 4.98 Å². The van der Waals surface area contributed by atoms with Crippen LogP contribution in [0.4, 0.5) is 17.5 Å². The number of anilines is 3. The Hall–Kier alpha value is -2.71. The molecule has 2 atom stereocenters. The summed E-state index contributed by atoms with van der Waals surface area (Å²) in [7, 11) is 0. The van der Waals surface area contributed by atoms with Gasteiger partial charge in [-0.25, -0.2) is 4.98 Å². The molecular weight excluding hydrogens is 320 g/mol. The average molecular weight is 342 g/mol. The molecular formula is C17H22N6O2. The van der Waals surface area contributed by atoms with E-state index >= 15 is 0 Å². The molecule has 25 heavy (non-hydrogen) atoms. The van der Waals surface area contributed by atoms with E-state index in [1.807, 2.05) is 31.2 Å². The smallest absolute Gasteiger partial charge is 0.254 e. The molecule has 1 saturated heterocycles. The molecule has 0 bridgehead atoms. The van der Waals surface area contributed by atoms with E-state index in [1.165, 1.54) is 6.20 Å². The van der Waals surface area contributed by atoms with Crippen LogP contribution >= 0.6 is 0 Å². The molecule has 6 N–H and O–H groups in total. The summed E-state index contributed by atoms with van der Waals surface area (Å²) in [5.41, 5.74) is 13.6. The summed E-state index contributed by atoms with van der Waals surface area (Å²) in [6.07, 6.45) is 2.18. The summed E-state index contributed by atoms with van der Waals surface area (Å²) in [5, 5.41) is 6.33. The third kappa shape index (κ3) is 4.23. The summed E-state index contributed by atoms with van der Waals surface area (Å²) in [4.78, 5) is 20.3. The zero-order valence-electron chi connectivity index (χ0n) is 14.0. The number of hydrogen-bond donors (Lipinski definition) is 4. The molecule has 0 spiro atoms. The quantitative estimate of drug-likeness (QED) is 0.641. The number of aromatic nitrogens is 2. The normalized spacial score (nSPS) is 20.1. The number of nitrogens with one attached hydrogen (secondary N) is 2. The topological polar surface area (TPSA) is 128 Å². The number of primary amides is 1. The van der Waals surface area contributed by atoms with Crippen LogP contribution in [0.1, 0.15) is 22.3 Å². The van der Waals surface area contributed by atoms with Crippen molar-refractivity contribution in [3.63, 3.8) is 0 Å². The number of benzene rings is 1. The lowest BCUT2D eigenvalue weighted by Gasteiger charge is -2.29. The van der Waals surface area contributed by atoms with Crippen LogP contribution in [0.25, 0.3) is 0 Å². The summed E-state index contributed by atoms with van der Waals surface area (Å²) in [5.74, 6) is 0.153. The fraction of sp³-hybridized carbons (Fsp3) is 0.353. The number of aryl methyl sites for hydroxylation is 1.